The molecule has 0 aliphatic carbocycles. The van der Waals surface area contributed by atoms with Crippen LogP contribution in [-0.2, 0) is 0 Å². The summed E-state index contributed by atoms with van der Waals surface area (Å²) in [4.78, 5) is 10.5. The van der Waals surface area contributed by atoms with Crippen LogP contribution in [0.25, 0.3) is 116 Å². The standard InChI is InChI=1S/C52H31N5/c1-3-14-32(15-4-1)49-39-21-9-11-22-42(39)53-52(54-49)57-44-23-12-10-19-37(44)40-30-33(26-28-45(40)57)34-27-29-46-41(31-34)48-50-38-20-8-7-18-36(38)43-24-13-25-47(56(43)50)51(48)55(46)35-16-5-2-6-17-35/h1-31H. The Kier molecular flexibility index (Phi) is 6.10. The summed E-state index contributed by atoms with van der Waals surface area (Å²) in [5.74, 6) is 0.663. The second-order valence-electron chi connectivity index (χ2n) is 15.0. The molecule has 57 heavy (non-hydrogen) atoms. The number of hydrogen-bond acceptors (Lipinski definition) is 2. The zero-order valence-corrected chi connectivity index (χ0v) is 30.6. The molecule has 0 N–H and O–H groups in total. The Hall–Kier alpha value is -7.76. The first kappa shape index (κ1) is 30.6. The molecule has 13 aromatic rings. The lowest BCUT2D eigenvalue weighted by molar-refractivity contribution is 1.01. The van der Waals surface area contributed by atoms with Gasteiger partial charge in [-0.15, -0.1) is 0 Å². The maximum absolute atomic E-state index is 5.29. The molecular formula is C52H31N5. The minimum atomic E-state index is 0.663. The van der Waals surface area contributed by atoms with E-state index in [1.54, 1.807) is 0 Å². The Labute approximate surface area is 326 Å². The zero-order valence-electron chi connectivity index (χ0n) is 30.6. The van der Waals surface area contributed by atoms with Gasteiger partial charge in [0.1, 0.15) is 0 Å². The average Bonchev–Trinajstić information content (AvgIpc) is 4.00. The van der Waals surface area contributed by atoms with Gasteiger partial charge in [0.2, 0.25) is 5.95 Å². The highest BCUT2D eigenvalue weighted by Gasteiger charge is 2.25. The Balaban J connectivity index is 1.07. The van der Waals surface area contributed by atoms with Gasteiger partial charge in [-0.25, -0.2) is 9.97 Å². The predicted molar refractivity (Wildman–Crippen MR) is 236 cm³/mol. The lowest BCUT2D eigenvalue weighted by Gasteiger charge is -2.12. The third-order valence-corrected chi connectivity index (χ3v) is 12.0. The highest BCUT2D eigenvalue weighted by Crippen LogP contribution is 2.46. The summed E-state index contributed by atoms with van der Waals surface area (Å²) in [6.07, 6.45) is 0. The van der Waals surface area contributed by atoms with Gasteiger partial charge in [-0.1, -0.05) is 127 Å². The van der Waals surface area contributed by atoms with Gasteiger partial charge in [-0.05, 0) is 71.8 Å². The summed E-state index contributed by atoms with van der Waals surface area (Å²) in [6, 6.07) is 67.5. The molecule has 264 valence electrons. The summed E-state index contributed by atoms with van der Waals surface area (Å²) in [5.41, 5.74) is 14.7. The van der Waals surface area contributed by atoms with E-state index in [9.17, 15) is 0 Å². The molecule has 0 atom stereocenters. The van der Waals surface area contributed by atoms with Crippen LogP contribution in [0.5, 0.6) is 0 Å². The molecule has 5 nitrogen and oxygen atoms in total. The molecule has 0 aliphatic rings. The summed E-state index contributed by atoms with van der Waals surface area (Å²) >= 11 is 0. The summed E-state index contributed by atoms with van der Waals surface area (Å²) < 4.78 is 7.15. The first-order chi connectivity index (χ1) is 28.3. The lowest BCUT2D eigenvalue weighted by atomic mass is 10.0. The van der Waals surface area contributed by atoms with Gasteiger partial charge < -0.3 is 8.97 Å². The van der Waals surface area contributed by atoms with E-state index < -0.39 is 0 Å². The van der Waals surface area contributed by atoms with Gasteiger partial charge in [0, 0.05) is 49.0 Å². The highest BCUT2D eigenvalue weighted by molar-refractivity contribution is 6.30. The number of rotatable bonds is 4. The second-order valence-corrected chi connectivity index (χ2v) is 15.0. The molecule has 13 rings (SSSR count). The SMILES string of the molecule is c1ccc(-c2nc(-n3c4ccccc4c4cc(-c5ccc6c(c5)c5c(c7cccc8c9ccccc9c5n87)n6-c5ccccc5)ccc43)nc3ccccc23)cc1. The number of para-hydroxylation sites is 3. The average molecular weight is 726 g/mol. The van der Waals surface area contributed by atoms with Gasteiger partial charge in [-0.2, -0.15) is 0 Å². The zero-order chi connectivity index (χ0) is 37.2. The van der Waals surface area contributed by atoms with Crippen LogP contribution in [0.2, 0.25) is 0 Å². The first-order valence-electron chi connectivity index (χ1n) is 19.4. The molecule has 6 heterocycles. The fourth-order valence-corrected chi connectivity index (χ4v) is 9.57. The van der Waals surface area contributed by atoms with Crippen molar-refractivity contribution < 1.29 is 0 Å². The van der Waals surface area contributed by atoms with Crippen LogP contribution in [-0.4, -0.2) is 23.5 Å². The van der Waals surface area contributed by atoms with Crippen molar-refractivity contribution in [3.8, 4) is 34.0 Å². The van der Waals surface area contributed by atoms with Crippen LogP contribution in [0.1, 0.15) is 0 Å². The minimum Gasteiger partial charge on any atom is -0.307 e. The molecule has 0 amide bonds. The molecule has 0 spiro atoms. The van der Waals surface area contributed by atoms with Crippen LogP contribution in [0, 0.1) is 0 Å². The molecule has 0 saturated carbocycles. The predicted octanol–water partition coefficient (Wildman–Crippen LogP) is 13.2. The number of nitrogens with zero attached hydrogens (tertiary/aromatic N) is 5. The maximum atomic E-state index is 5.29. The van der Waals surface area contributed by atoms with Crippen molar-refractivity contribution in [2.24, 2.45) is 0 Å². The lowest BCUT2D eigenvalue weighted by Crippen LogP contribution is -2.03. The van der Waals surface area contributed by atoms with Crippen molar-refractivity contribution in [3.63, 3.8) is 0 Å². The van der Waals surface area contributed by atoms with E-state index in [2.05, 4.69) is 189 Å². The van der Waals surface area contributed by atoms with Crippen molar-refractivity contribution in [2.45, 2.75) is 0 Å². The molecule has 0 saturated heterocycles. The first-order valence-corrected chi connectivity index (χ1v) is 19.4. The highest BCUT2D eigenvalue weighted by atomic mass is 15.2. The molecule has 0 aliphatic heterocycles. The van der Waals surface area contributed by atoms with Gasteiger partial charge in [0.15, 0.2) is 0 Å². The van der Waals surface area contributed by atoms with Crippen LogP contribution in [0.15, 0.2) is 188 Å². The fraction of sp³-hybridized carbons (Fsp3) is 0. The van der Waals surface area contributed by atoms with E-state index in [1.807, 2.05) is 12.1 Å². The smallest absolute Gasteiger partial charge is 0.235 e. The monoisotopic (exact) mass is 725 g/mol. The topological polar surface area (TPSA) is 40.0 Å². The Morgan fingerprint density at radius 3 is 1.70 bits per heavy atom. The third-order valence-electron chi connectivity index (χ3n) is 12.0. The molecule has 0 fully saturated rings. The van der Waals surface area contributed by atoms with Crippen molar-refractivity contribution in [3.05, 3.63) is 188 Å². The van der Waals surface area contributed by atoms with E-state index in [1.165, 1.54) is 71.0 Å². The van der Waals surface area contributed by atoms with Crippen LogP contribution >= 0.6 is 0 Å². The van der Waals surface area contributed by atoms with Gasteiger partial charge in [0.05, 0.1) is 49.8 Å². The Bertz CT molecular complexity index is 3740. The van der Waals surface area contributed by atoms with E-state index in [4.69, 9.17) is 9.97 Å². The maximum Gasteiger partial charge on any atom is 0.235 e. The van der Waals surface area contributed by atoms with E-state index in [0.717, 1.165) is 38.9 Å². The number of aromatic nitrogens is 5. The number of benzene rings is 7. The van der Waals surface area contributed by atoms with E-state index in [-0.39, 0.29) is 0 Å². The molecule has 0 bridgehead atoms. The molecule has 5 heteroatoms. The van der Waals surface area contributed by atoms with Crippen molar-refractivity contribution in [2.75, 3.05) is 0 Å². The number of hydrogen-bond donors (Lipinski definition) is 0. The molecule has 7 aromatic carbocycles. The van der Waals surface area contributed by atoms with Crippen LogP contribution in [0.3, 0.4) is 0 Å². The molecule has 0 radical (unpaired) electrons. The Morgan fingerprint density at radius 1 is 0.333 bits per heavy atom. The Morgan fingerprint density at radius 2 is 0.912 bits per heavy atom. The number of fused-ring (bicyclic) bond motifs is 12. The quantitative estimate of drug-likeness (QED) is 0.181. The largest absolute Gasteiger partial charge is 0.307 e. The van der Waals surface area contributed by atoms with Gasteiger partial charge in [-0.3, -0.25) is 4.57 Å². The normalized spacial score (nSPS) is 12.2. The van der Waals surface area contributed by atoms with Gasteiger partial charge in [0.25, 0.3) is 0 Å². The van der Waals surface area contributed by atoms with E-state index >= 15 is 0 Å². The summed E-state index contributed by atoms with van der Waals surface area (Å²) in [6.45, 7) is 0. The number of pyridine rings is 1. The van der Waals surface area contributed by atoms with Crippen molar-refractivity contribution in [1.82, 2.24) is 23.5 Å². The van der Waals surface area contributed by atoms with Gasteiger partial charge >= 0.3 is 0 Å². The second kappa shape index (κ2) is 11.4. The van der Waals surface area contributed by atoms with Crippen molar-refractivity contribution in [1.29, 1.82) is 0 Å². The molecular weight excluding hydrogens is 695 g/mol. The minimum absolute atomic E-state index is 0.663. The molecule has 0 unspecified atom stereocenters. The van der Waals surface area contributed by atoms with Crippen molar-refractivity contribution >= 4 is 81.8 Å². The van der Waals surface area contributed by atoms with Crippen LogP contribution in [0.4, 0.5) is 0 Å². The fourth-order valence-electron chi connectivity index (χ4n) is 9.57. The van der Waals surface area contributed by atoms with E-state index in [0.29, 0.717) is 5.95 Å². The van der Waals surface area contributed by atoms with Crippen LogP contribution < -0.4 is 0 Å². The third kappa shape index (κ3) is 4.17. The molecule has 6 aromatic heterocycles. The summed E-state index contributed by atoms with van der Waals surface area (Å²) in [7, 11) is 0. The summed E-state index contributed by atoms with van der Waals surface area (Å²) in [5, 5.41) is 8.46.